The summed E-state index contributed by atoms with van der Waals surface area (Å²) >= 11 is 0. The molecular weight excluding hydrogens is 301 g/mol. The number of hydrogen-bond donors (Lipinski definition) is 2. The summed E-state index contributed by atoms with van der Waals surface area (Å²) in [6.45, 7) is 0.442. The third kappa shape index (κ3) is 4.77. The summed E-state index contributed by atoms with van der Waals surface area (Å²) in [7, 11) is 1.82. The molecule has 0 aliphatic carbocycles. The maximum Gasteiger partial charge on any atom is 0.303 e. The number of amides is 1. The molecule has 0 radical (unpaired) electrons. The van der Waals surface area contributed by atoms with Crippen LogP contribution >= 0.6 is 0 Å². The van der Waals surface area contributed by atoms with Crippen LogP contribution in [0, 0.1) is 5.82 Å². The van der Waals surface area contributed by atoms with Crippen LogP contribution in [-0.4, -0.2) is 33.1 Å². The minimum Gasteiger partial charge on any atom is -0.481 e. The molecule has 0 fully saturated rings. The molecule has 7 heteroatoms. The lowest BCUT2D eigenvalue weighted by atomic mass is 10.2. The molecule has 1 aromatic carbocycles. The van der Waals surface area contributed by atoms with Crippen LogP contribution in [0.1, 0.15) is 31.5 Å². The molecule has 0 saturated heterocycles. The van der Waals surface area contributed by atoms with E-state index in [9.17, 15) is 14.0 Å². The summed E-state index contributed by atoms with van der Waals surface area (Å²) < 4.78 is 15.1. The Morgan fingerprint density at radius 3 is 2.78 bits per heavy atom. The van der Waals surface area contributed by atoms with Crippen molar-refractivity contribution in [3.05, 3.63) is 29.8 Å². The summed E-state index contributed by atoms with van der Waals surface area (Å²) in [5, 5.41) is 11.3. The number of nitrogens with zero attached hydrogens (tertiary/aromatic N) is 2. The van der Waals surface area contributed by atoms with E-state index in [4.69, 9.17) is 5.11 Å². The van der Waals surface area contributed by atoms with Crippen molar-refractivity contribution in [3.63, 3.8) is 0 Å². The van der Waals surface area contributed by atoms with E-state index in [0.717, 1.165) is 16.9 Å². The predicted molar refractivity (Wildman–Crippen MR) is 83.5 cm³/mol. The van der Waals surface area contributed by atoms with Crippen molar-refractivity contribution in [2.45, 2.75) is 32.1 Å². The fraction of sp³-hybridized carbons (Fsp3) is 0.438. The number of aryl methyl sites for hydroxylation is 1. The van der Waals surface area contributed by atoms with Gasteiger partial charge in [-0.05, 0) is 31.0 Å². The zero-order valence-corrected chi connectivity index (χ0v) is 13.0. The van der Waals surface area contributed by atoms with E-state index in [1.54, 1.807) is 6.07 Å². The average molecular weight is 321 g/mol. The molecule has 1 amide bonds. The first kappa shape index (κ1) is 16.9. The second kappa shape index (κ2) is 7.71. The molecule has 0 aliphatic rings. The average Bonchev–Trinajstić information content (AvgIpc) is 2.80. The predicted octanol–water partition coefficient (Wildman–Crippen LogP) is 2.02. The number of aromatic nitrogens is 2. The minimum atomic E-state index is -0.844. The van der Waals surface area contributed by atoms with Gasteiger partial charge in [0.2, 0.25) is 5.91 Å². The van der Waals surface area contributed by atoms with Gasteiger partial charge < -0.3 is 15.0 Å². The lowest BCUT2D eigenvalue weighted by Gasteiger charge is -2.05. The first-order chi connectivity index (χ1) is 11.0. The highest BCUT2D eigenvalue weighted by atomic mass is 19.1. The van der Waals surface area contributed by atoms with Gasteiger partial charge in [0.05, 0.1) is 11.0 Å². The third-order valence-electron chi connectivity index (χ3n) is 3.65. The molecule has 1 aromatic heterocycles. The van der Waals surface area contributed by atoms with Gasteiger partial charge in [0.1, 0.15) is 11.6 Å². The lowest BCUT2D eigenvalue weighted by Crippen LogP contribution is -2.26. The lowest BCUT2D eigenvalue weighted by molar-refractivity contribution is -0.137. The highest BCUT2D eigenvalue weighted by Crippen LogP contribution is 2.16. The Morgan fingerprint density at radius 2 is 2.04 bits per heavy atom. The number of rotatable bonds is 8. The number of carbonyl (C=O) groups excluding carboxylic acids is 1. The van der Waals surface area contributed by atoms with Crippen LogP contribution < -0.4 is 5.32 Å². The van der Waals surface area contributed by atoms with Gasteiger partial charge in [0.15, 0.2) is 0 Å². The molecule has 0 bridgehead atoms. The summed E-state index contributed by atoms with van der Waals surface area (Å²) in [4.78, 5) is 26.4. The van der Waals surface area contributed by atoms with Crippen LogP contribution in [0.25, 0.3) is 11.0 Å². The largest absolute Gasteiger partial charge is 0.481 e. The number of hydrogen-bond acceptors (Lipinski definition) is 3. The van der Waals surface area contributed by atoms with Gasteiger partial charge >= 0.3 is 5.97 Å². The fourth-order valence-electron chi connectivity index (χ4n) is 2.40. The summed E-state index contributed by atoms with van der Waals surface area (Å²) in [5.74, 6) is -0.470. The van der Waals surface area contributed by atoms with Crippen molar-refractivity contribution in [2.24, 2.45) is 7.05 Å². The van der Waals surface area contributed by atoms with Gasteiger partial charge in [-0.1, -0.05) is 0 Å². The Balaban J connectivity index is 1.79. The molecule has 0 unspecified atom stereocenters. The number of aliphatic carboxylic acids is 1. The van der Waals surface area contributed by atoms with Crippen LogP contribution in [0.3, 0.4) is 0 Å². The zero-order valence-electron chi connectivity index (χ0n) is 13.0. The number of nitrogens with one attached hydrogen (secondary N) is 1. The SMILES string of the molecule is Cn1c(CCNC(=O)CCCCC(=O)O)nc2ccc(F)cc21. The van der Waals surface area contributed by atoms with Crippen molar-refractivity contribution in [3.8, 4) is 0 Å². The number of benzene rings is 1. The smallest absolute Gasteiger partial charge is 0.303 e. The van der Waals surface area contributed by atoms with E-state index in [1.807, 2.05) is 11.6 Å². The van der Waals surface area contributed by atoms with Crippen LogP contribution in [0.2, 0.25) is 0 Å². The number of unbranched alkanes of at least 4 members (excludes halogenated alkanes) is 1. The van der Waals surface area contributed by atoms with Gasteiger partial charge in [-0.2, -0.15) is 0 Å². The highest BCUT2D eigenvalue weighted by Gasteiger charge is 2.09. The maximum absolute atomic E-state index is 13.2. The minimum absolute atomic E-state index is 0.0870. The van der Waals surface area contributed by atoms with E-state index in [2.05, 4.69) is 10.3 Å². The number of carboxylic acid groups (broad SMARTS) is 1. The van der Waals surface area contributed by atoms with E-state index in [0.29, 0.717) is 32.2 Å². The molecule has 2 rings (SSSR count). The molecule has 1 heterocycles. The summed E-state index contributed by atoms with van der Waals surface area (Å²) in [6, 6.07) is 4.44. The molecular formula is C16H20FN3O3. The molecule has 6 nitrogen and oxygen atoms in total. The molecule has 0 spiro atoms. The second-order valence-corrected chi connectivity index (χ2v) is 5.42. The molecule has 124 valence electrons. The van der Waals surface area contributed by atoms with Crippen molar-refractivity contribution in [1.29, 1.82) is 0 Å². The van der Waals surface area contributed by atoms with E-state index < -0.39 is 5.97 Å². The number of carboxylic acids is 1. The monoisotopic (exact) mass is 321 g/mol. The van der Waals surface area contributed by atoms with Crippen LogP contribution in [0.5, 0.6) is 0 Å². The molecule has 2 aromatic rings. The number of carbonyl (C=O) groups is 2. The highest BCUT2D eigenvalue weighted by molar-refractivity contribution is 5.76. The van der Waals surface area contributed by atoms with Crippen LogP contribution in [0.4, 0.5) is 4.39 Å². The standard InChI is InChI=1S/C16H20FN3O3/c1-20-13-10-11(17)6-7-12(13)19-14(20)8-9-18-15(21)4-2-3-5-16(22)23/h6-7,10H,2-5,8-9H2,1H3,(H,18,21)(H,22,23). The number of halogens is 1. The number of fused-ring (bicyclic) bond motifs is 1. The van der Waals surface area contributed by atoms with Crippen molar-refractivity contribution in [1.82, 2.24) is 14.9 Å². The van der Waals surface area contributed by atoms with E-state index in [-0.39, 0.29) is 18.1 Å². The Hall–Kier alpha value is -2.44. The Kier molecular flexibility index (Phi) is 5.67. The fourth-order valence-corrected chi connectivity index (χ4v) is 2.40. The topological polar surface area (TPSA) is 84.2 Å². The van der Waals surface area contributed by atoms with Crippen molar-refractivity contribution >= 4 is 22.9 Å². The molecule has 0 atom stereocenters. The molecule has 23 heavy (non-hydrogen) atoms. The molecule has 2 N–H and O–H groups in total. The summed E-state index contributed by atoms with van der Waals surface area (Å²) in [5.41, 5.74) is 1.45. The van der Waals surface area contributed by atoms with E-state index >= 15 is 0 Å². The summed E-state index contributed by atoms with van der Waals surface area (Å²) in [6.07, 6.45) is 2.02. The van der Waals surface area contributed by atoms with Gasteiger partial charge in [-0.25, -0.2) is 9.37 Å². The van der Waals surface area contributed by atoms with Gasteiger partial charge in [0, 0.05) is 32.9 Å². The Labute approximate surface area is 133 Å². The third-order valence-corrected chi connectivity index (χ3v) is 3.65. The van der Waals surface area contributed by atoms with Crippen molar-refractivity contribution in [2.75, 3.05) is 6.54 Å². The zero-order chi connectivity index (χ0) is 16.8. The van der Waals surface area contributed by atoms with E-state index in [1.165, 1.54) is 12.1 Å². The first-order valence-corrected chi connectivity index (χ1v) is 7.56. The normalized spacial score (nSPS) is 10.9. The molecule has 0 saturated carbocycles. The first-order valence-electron chi connectivity index (χ1n) is 7.56. The van der Waals surface area contributed by atoms with Crippen molar-refractivity contribution < 1.29 is 19.1 Å². The quantitative estimate of drug-likeness (QED) is 0.729. The maximum atomic E-state index is 13.2. The Bertz CT molecular complexity index is 712. The van der Waals surface area contributed by atoms with Crippen LogP contribution in [-0.2, 0) is 23.1 Å². The van der Waals surface area contributed by atoms with Gasteiger partial charge in [-0.3, -0.25) is 9.59 Å². The van der Waals surface area contributed by atoms with Crippen LogP contribution in [0.15, 0.2) is 18.2 Å². The molecule has 0 aliphatic heterocycles. The Morgan fingerprint density at radius 1 is 1.30 bits per heavy atom. The van der Waals surface area contributed by atoms with Gasteiger partial charge in [-0.15, -0.1) is 0 Å². The van der Waals surface area contributed by atoms with Gasteiger partial charge in [0.25, 0.3) is 0 Å². The second-order valence-electron chi connectivity index (χ2n) is 5.42. The number of imidazole rings is 1.